The molecule has 0 bridgehead atoms. The molecule has 7 heteroatoms. The van der Waals surface area contributed by atoms with Gasteiger partial charge in [-0.15, -0.1) is 0 Å². The Bertz CT molecular complexity index is 401. The molecule has 0 N–H and O–H groups in total. The third-order valence-electron chi connectivity index (χ3n) is 6.02. The van der Waals surface area contributed by atoms with Crippen molar-refractivity contribution < 1.29 is 19.8 Å². The maximum atomic E-state index is 10.2. The van der Waals surface area contributed by atoms with Crippen LogP contribution in [0.1, 0.15) is 130 Å². The first-order chi connectivity index (χ1) is 16.9. The van der Waals surface area contributed by atoms with E-state index in [1.165, 1.54) is 64.2 Å². The van der Waals surface area contributed by atoms with E-state index >= 15 is 0 Å². The summed E-state index contributed by atoms with van der Waals surface area (Å²) in [5.74, 6) is -1.28. The first-order valence-electron chi connectivity index (χ1n) is 14.2. The molecule has 0 saturated carbocycles. The molecule has 2 atom stereocenters. The number of carboxylic acids is 2. The molecule has 0 heterocycles. The predicted molar refractivity (Wildman–Crippen MR) is 157 cm³/mol. The summed E-state index contributed by atoms with van der Waals surface area (Å²) in [5, 5.41) is 20.4. The molecular weight excluding hydrogens is 583 g/mol. The Labute approximate surface area is 239 Å². The number of hydrogen-bond acceptors (Lipinski definition) is 6. The molecule has 0 aliphatic heterocycles. The monoisotopic (exact) mass is 640 g/mol. The van der Waals surface area contributed by atoms with E-state index in [1.807, 2.05) is 13.8 Å². The van der Waals surface area contributed by atoms with Crippen molar-refractivity contribution >= 4 is 58.3 Å². The van der Waals surface area contributed by atoms with Gasteiger partial charge in [0.25, 0.3) is 0 Å². The third kappa shape index (κ3) is 34.4. The molecule has 0 saturated heterocycles. The summed E-state index contributed by atoms with van der Waals surface area (Å²) in [5.41, 5.74) is 0. The Morgan fingerprint density at radius 1 is 0.600 bits per heavy atom. The summed E-state index contributed by atoms with van der Waals surface area (Å²) in [6, 6.07) is 0. The van der Waals surface area contributed by atoms with Gasteiger partial charge in [0.2, 0.25) is 0 Å². The second-order valence-corrected chi connectivity index (χ2v) is 14.3. The van der Waals surface area contributed by atoms with E-state index in [-0.39, 0.29) is 33.0 Å². The maximum absolute atomic E-state index is 10.2. The van der Waals surface area contributed by atoms with Crippen molar-refractivity contribution in [1.82, 2.24) is 0 Å². The second kappa shape index (κ2) is 34.4. The van der Waals surface area contributed by atoms with Crippen LogP contribution in [0.25, 0.3) is 0 Å². The van der Waals surface area contributed by atoms with Crippen LogP contribution >= 0.6 is 25.3 Å². The van der Waals surface area contributed by atoms with Crippen LogP contribution in [-0.2, 0) is 9.59 Å². The summed E-state index contributed by atoms with van der Waals surface area (Å²) in [6.07, 6.45) is 20.3. The van der Waals surface area contributed by atoms with Crippen molar-refractivity contribution in [2.75, 3.05) is 11.5 Å². The second-order valence-electron chi connectivity index (χ2n) is 9.16. The van der Waals surface area contributed by atoms with Gasteiger partial charge in [0.05, 0.1) is 0 Å². The van der Waals surface area contributed by atoms with Crippen molar-refractivity contribution in [3.8, 4) is 0 Å². The van der Waals surface area contributed by atoms with Gasteiger partial charge in [-0.3, -0.25) is 0 Å². The van der Waals surface area contributed by atoms with Crippen LogP contribution in [-0.4, -0.2) is 44.6 Å². The van der Waals surface area contributed by atoms with Gasteiger partial charge in [-0.25, -0.2) is 0 Å². The molecule has 0 fully saturated rings. The topological polar surface area (TPSA) is 80.3 Å². The summed E-state index contributed by atoms with van der Waals surface area (Å²) in [6.45, 7) is 8.28. The molecular formula is C28H56O4S2Sn. The van der Waals surface area contributed by atoms with Crippen molar-refractivity contribution in [3.63, 3.8) is 0 Å². The predicted octanol–water partition coefficient (Wildman–Crippen LogP) is 6.41. The van der Waals surface area contributed by atoms with Crippen LogP contribution in [0, 0.1) is 11.8 Å². The minimum atomic E-state index is -0.952. The number of aliphatic carboxylic acids is 2. The Kier molecular flexibility index (Phi) is 39.3. The van der Waals surface area contributed by atoms with Crippen LogP contribution in [0.2, 0.25) is 8.87 Å². The van der Waals surface area contributed by atoms with E-state index in [2.05, 4.69) is 39.1 Å². The number of thiol groups is 2. The summed E-state index contributed by atoms with van der Waals surface area (Å²) in [7, 11) is 0. The molecule has 0 aromatic heterocycles. The van der Waals surface area contributed by atoms with E-state index < -0.39 is 11.9 Å². The van der Waals surface area contributed by atoms with Crippen molar-refractivity contribution in [3.05, 3.63) is 0 Å². The quantitative estimate of drug-likeness (QED) is 0.0815. The van der Waals surface area contributed by atoms with Crippen molar-refractivity contribution in [2.45, 2.75) is 139 Å². The number of hydrogen-bond donors (Lipinski definition) is 2. The van der Waals surface area contributed by atoms with Gasteiger partial charge in [-0.05, 0) is 49.0 Å². The first kappa shape index (κ1) is 39.9. The van der Waals surface area contributed by atoms with Crippen LogP contribution in [0.5, 0.6) is 0 Å². The molecule has 0 spiro atoms. The van der Waals surface area contributed by atoms with Gasteiger partial charge in [0, 0.05) is 11.9 Å². The Morgan fingerprint density at radius 3 is 1.14 bits per heavy atom. The Hall–Kier alpha value is 0.439. The third-order valence-corrected chi connectivity index (χ3v) is 10.6. The van der Waals surface area contributed by atoms with Crippen LogP contribution in [0.3, 0.4) is 0 Å². The molecule has 0 aromatic carbocycles. The molecule has 4 nitrogen and oxygen atoms in total. The molecule has 0 aromatic rings. The zero-order chi connectivity index (χ0) is 27.2. The van der Waals surface area contributed by atoms with Crippen LogP contribution < -0.4 is 10.2 Å². The van der Waals surface area contributed by atoms with Crippen molar-refractivity contribution in [1.29, 1.82) is 0 Å². The summed E-state index contributed by atoms with van der Waals surface area (Å²) in [4.78, 5) is 20.4. The molecule has 35 heavy (non-hydrogen) atoms. The fourth-order valence-corrected chi connectivity index (χ4v) is 7.67. The standard InChI is InChI=1S/2C8H17.2C6H12O2S.Sn/c2*1-3-5-7-8-6-4-2;2*1-2-5(3-4-9)6(7)8;/h2*1,3-8H2,2H3;2*5,9H,2-4H2,1H3,(H,7,8);/q;;;;+2/p-2. The number of carbonyl (C=O) groups is 2. The van der Waals surface area contributed by atoms with E-state index in [0.29, 0.717) is 37.2 Å². The van der Waals surface area contributed by atoms with Gasteiger partial charge in [0.1, 0.15) is 0 Å². The van der Waals surface area contributed by atoms with E-state index in [4.69, 9.17) is 0 Å². The van der Waals surface area contributed by atoms with E-state index in [9.17, 15) is 19.8 Å². The molecule has 0 aliphatic carbocycles. The van der Waals surface area contributed by atoms with Crippen LogP contribution in [0.4, 0.5) is 0 Å². The van der Waals surface area contributed by atoms with Gasteiger partial charge in [0.15, 0.2) is 0 Å². The summed E-state index contributed by atoms with van der Waals surface area (Å²) < 4.78 is 3.31. The zero-order valence-corrected chi connectivity index (χ0v) is 28.0. The molecule has 0 aliphatic rings. The Balaban J connectivity index is -0.000000481. The average Bonchev–Trinajstić information content (AvgIpc) is 2.84. The van der Waals surface area contributed by atoms with Gasteiger partial charge in [-0.2, -0.15) is 25.3 Å². The van der Waals surface area contributed by atoms with Gasteiger partial charge < -0.3 is 19.8 Å². The summed E-state index contributed by atoms with van der Waals surface area (Å²) >= 11 is 7.91. The van der Waals surface area contributed by atoms with Crippen molar-refractivity contribution in [2.24, 2.45) is 11.8 Å². The number of rotatable bonds is 22. The number of unbranched alkanes of at least 4 members (excludes halogenated alkanes) is 10. The fraction of sp³-hybridized carbons (Fsp3) is 0.929. The molecule has 2 unspecified atom stereocenters. The van der Waals surface area contributed by atoms with Crippen LogP contribution in [0.15, 0.2) is 0 Å². The Morgan fingerprint density at radius 2 is 0.914 bits per heavy atom. The average molecular weight is 640 g/mol. The molecule has 208 valence electrons. The first-order valence-corrected chi connectivity index (χ1v) is 19.5. The number of carboxylic acid groups (broad SMARTS) is 2. The van der Waals surface area contributed by atoms with E-state index in [1.54, 1.807) is 21.7 Å². The fourth-order valence-electron chi connectivity index (χ4n) is 3.47. The SMILES string of the molecule is CCC(CCS)C(=O)[O-].CCC(CCS)C(=O)[O-].CCCCCCC[CH2][Sn+2][CH2]CCCCCCC. The number of carbonyl (C=O) groups excluding carboxylic acids is 2. The minimum absolute atomic E-state index is 0.0736. The molecule has 0 rings (SSSR count). The van der Waals surface area contributed by atoms with Gasteiger partial charge >= 0.3 is 121 Å². The van der Waals surface area contributed by atoms with E-state index in [0.717, 1.165) is 0 Å². The van der Waals surface area contributed by atoms with Gasteiger partial charge in [-0.1, -0.05) is 13.8 Å². The molecule has 0 amide bonds. The molecule has 0 radical (unpaired) electrons. The normalized spacial score (nSPS) is 11.8. The zero-order valence-electron chi connectivity index (χ0n) is 23.3.